The average molecular weight is 580 g/mol. The normalized spacial score (nSPS) is 18.5. The maximum Gasteiger partial charge on any atom is 0.338 e. The fourth-order valence-electron chi connectivity index (χ4n) is 6.04. The lowest BCUT2D eigenvalue weighted by Crippen LogP contribution is -2.49. The lowest BCUT2D eigenvalue weighted by Gasteiger charge is -2.36. The third-order valence-corrected chi connectivity index (χ3v) is 8.33. The fraction of sp³-hybridized carbons (Fsp3) is 0.324. The SMILES string of the molecule is CCOC(=O)c1ccc2c(C(=Nc3ccc(N4C(=O)CC[C@H]4CN4CCN(C)CC4)cc3)c3ccccc3)c(O)[nH]c2c1. The molecule has 0 radical (unpaired) electrons. The van der Waals surface area contributed by atoms with Crippen LogP contribution in [0, 0.1) is 0 Å². The molecule has 0 aliphatic carbocycles. The number of amides is 1. The van der Waals surface area contributed by atoms with Crippen LogP contribution in [-0.2, 0) is 9.53 Å². The third kappa shape index (κ3) is 6.04. The van der Waals surface area contributed by atoms with Crippen molar-refractivity contribution in [3.63, 3.8) is 0 Å². The minimum atomic E-state index is -0.417. The van der Waals surface area contributed by atoms with E-state index in [0.29, 0.717) is 34.5 Å². The number of aromatic nitrogens is 1. The second-order valence-electron chi connectivity index (χ2n) is 11.2. The number of hydrogen-bond donors (Lipinski definition) is 2. The highest BCUT2D eigenvalue weighted by atomic mass is 16.5. The van der Waals surface area contributed by atoms with Crippen LogP contribution in [0.2, 0.25) is 0 Å². The van der Waals surface area contributed by atoms with Crippen LogP contribution in [0.5, 0.6) is 5.88 Å². The Morgan fingerprint density at radius 1 is 1.00 bits per heavy atom. The van der Waals surface area contributed by atoms with Gasteiger partial charge in [0.25, 0.3) is 0 Å². The highest BCUT2D eigenvalue weighted by molar-refractivity contribution is 6.22. The van der Waals surface area contributed by atoms with Crippen molar-refractivity contribution in [3.05, 3.63) is 89.5 Å². The summed E-state index contributed by atoms with van der Waals surface area (Å²) in [6.45, 7) is 7.08. The molecule has 0 spiro atoms. The van der Waals surface area contributed by atoms with Gasteiger partial charge in [-0.2, -0.15) is 0 Å². The van der Waals surface area contributed by atoms with Gasteiger partial charge in [-0.25, -0.2) is 9.79 Å². The molecule has 3 aromatic carbocycles. The summed E-state index contributed by atoms with van der Waals surface area (Å²) in [5.74, 6) is -0.296. The molecule has 3 heterocycles. The van der Waals surface area contributed by atoms with Gasteiger partial charge in [0.15, 0.2) is 5.88 Å². The number of H-pyrrole nitrogens is 1. The van der Waals surface area contributed by atoms with Crippen LogP contribution in [0.1, 0.15) is 41.3 Å². The largest absolute Gasteiger partial charge is 0.494 e. The first-order valence-corrected chi connectivity index (χ1v) is 14.9. The topological polar surface area (TPSA) is 101 Å². The van der Waals surface area contributed by atoms with Crippen molar-refractivity contribution in [2.45, 2.75) is 25.8 Å². The minimum absolute atomic E-state index is 0.0374. The molecule has 9 heteroatoms. The summed E-state index contributed by atoms with van der Waals surface area (Å²) in [5.41, 5.74) is 4.55. The highest BCUT2D eigenvalue weighted by Crippen LogP contribution is 2.34. The maximum absolute atomic E-state index is 13.0. The molecule has 2 N–H and O–H groups in total. The number of esters is 1. The molecule has 6 rings (SSSR count). The Kier molecular flexibility index (Phi) is 8.26. The molecule has 1 atom stereocenters. The zero-order chi connectivity index (χ0) is 29.9. The summed E-state index contributed by atoms with van der Waals surface area (Å²) < 4.78 is 5.14. The first kappa shape index (κ1) is 28.6. The Labute approximate surface area is 251 Å². The van der Waals surface area contributed by atoms with Crippen molar-refractivity contribution < 1.29 is 19.4 Å². The Bertz CT molecular complexity index is 1640. The van der Waals surface area contributed by atoms with Gasteiger partial charge in [-0.05, 0) is 56.8 Å². The number of likely N-dealkylation sites (N-methyl/N-ethyl adjacent to an activating group) is 1. The van der Waals surface area contributed by atoms with Gasteiger partial charge < -0.3 is 24.6 Å². The summed E-state index contributed by atoms with van der Waals surface area (Å²) in [5, 5.41) is 11.8. The molecule has 222 valence electrons. The highest BCUT2D eigenvalue weighted by Gasteiger charge is 2.33. The molecule has 9 nitrogen and oxygen atoms in total. The predicted molar refractivity (Wildman–Crippen MR) is 169 cm³/mol. The number of anilines is 1. The molecule has 0 saturated carbocycles. The molecule has 2 aliphatic heterocycles. The van der Waals surface area contributed by atoms with Gasteiger partial charge in [0, 0.05) is 61.3 Å². The summed E-state index contributed by atoms with van der Waals surface area (Å²) in [6.07, 6.45) is 1.43. The van der Waals surface area contributed by atoms with Gasteiger partial charge >= 0.3 is 5.97 Å². The summed E-state index contributed by atoms with van der Waals surface area (Å²) in [6, 6.07) is 22.8. The Morgan fingerprint density at radius 2 is 1.74 bits per heavy atom. The molecule has 2 saturated heterocycles. The summed E-state index contributed by atoms with van der Waals surface area (Å²) in [7, 11) is 2.15. The smallest absolute Gasteiger partial charge is 0.338 e. The quantitative estimate of drug-likeness (QED) is 0.226. The van der Waals surface area contributed by atoms with E-state index in [1.165, 1.54) is 0 Å². The van der Waals surface area contributed by atoms with Crippen LogP contribution < -0.4 is 4.90 Å². The molecule has 43 heavy (non-hydrogen) atoms. The van der Waals surface area contributed by atoms with Crippen LogP contribution in [-0.4, -0.2) is 89.9 Å². The van der Waals surface area contributed by atoms with Crippen LogP contribution in [0.4, 0.5) is 11.4 Å². The molecule has 2 fully saturated rings. The number of fused-ring (bicyclic) bond motifs is 1. The Morgan fingerprint density at radius 3 is 2.47 bits per heavy atom. The van der Waals surface area contributed by atoms with Gasteiger partial charge in [-0.1, -0.05) is 36.4 Å². The summed E-state index contributed by atoms with van der Waals surface area (Å²) in [4.78, 5) is 40.0. The van der Waals surface area contributed by atoms with E-state index < -0.39 is 5.97 Å². The van der Waals surface area contributed by atoms with Crippen LogP contribution in [0.15, 0.2) is 77.8 Å². The van der Waals surface area contributed by atoms with E-state index in [9.17, 15) is 14.7 Å². The van der Waals surface area contributed by atoms with Gasteiger partial charge in [0.1, 0.15) is 0 Å². The van der Waals surface area contributed by atoms with Crippen molar-refractivity contribution in [2.24, 2.45) is 4.99 Å². The van der Waals surface area contributed by atoms with E-state index in [1.807, 2.05) is 59.5 Å². The predicted octanol–water partition coefficient (Wildman–Crippen LogP) is 4.96. The van der Waals surface area contributed by atoms with Crippen molar-refractivity contribution >= 4 is 39.9 Å². The Balaban J connectivity index is 1.31. The first-order valence-electron chi connectivity index (χ1n) is 14.9. The van der Waals surface area contributed by atoms with E-state index in [-0.39, 0.29) is 24.4 Å². The number of benzene rings is 3. The maximum atomic E-state index is 13.0. The fourth-order valence-corrected chi connectivity index (χ4v) is 6.04. The van der Waals surface area contributed by atoms with Gasteiger partial charge in [-0.3, -0.25) is 9.69 Å². The molecule has 1 aromatic heterocycles. The number of aromatic hydroxyl groups is 1. The van der Waals surface area contributed by atoms with Gasteiger partial charge in [0.2, 0.25) is 5.91 Å². The van der Waals surface area contributed by atoms with Crippen LogP contribution in [0.25, 0.3) is 10.9 Å². The lowest BCUT2D eigenvalue weighted by molar-refractivity contribution is -0.117. The molecular weight excluding hydrogens is 542 g/mol. The molecular formula is C34H37N5O4. The zero-order valence-corrected chi connectivity index (χ0v) is 24.6. The van der Waals surface area contributed by atoms with E-state index in [4.69, 9.17) is 9.73 Å². The number of rotatable bonds is 8. The number of piperazine rings is 1. The van der Waals surface area contributed by atoms with Crippen molar-refractivity contribution in [3.8, 4) is 5.88 Å². The Hall–Kier alpha value is -4.47. The van der Waals surface area contributed by atoms with Crippen molar-refractivity contribution in [1.29, 1.82) is 0 Å². The van der Waals surface area contributed by atoms with E-state index in [1.54, 1.807) is 25.1 Å². The number of nitrogens with one attached hydrogen (secondary N) is 1. The van der Waals surface area contributed by atoms with E-state index in [0.717, 1.165) is 55.8 Å². The molecule has 0 unspecified atom stereocenters. The van der Waals surface area contributed by atoms with Crippen molar-refractivity contribution in [2.75, 3.05) is 51.3 Å². The van der Waals surface area contributed by atoms with Gasteiger partial charge in [0.05, 0.1) is 35.2 Å². The minimum Gasteiger partial charge on any atom is -0.494 e. The van der Waals surface area contributed by atoms with E-state index in [2.05, 4.69) is 21.8 Å². The average Bonchev–Trinajstić information content (AvgIpc) is 3.55. The number of ether oxygens (including phenoxy) is 1. The van der Waals surface area contributed by atoms with Crippen LogP contribution >= 0.6 is 0 Å². The summed E-state index contributed by atoms with van der Waals surface area (Å²) >= 11 is 0. The van der Waals surface area contributed by atoms with Gasteiger partial charge in [-0.15, -0.1) is 0 Å². The number of hydrogen-bond acceptors (Lipinski definition) is 7. The first-order chi connectivity index (χ1) is 20.9. The molecule has 4 aromatic rings. The van der Waals surface area contributed by atoms with Crippen molar-refractivity contribution in [1.82, 2.24) is 14.8 Å². The molecule has 0 bridgehead atoms. The number of nitrogens with zero attached hydrogens (tertiary/aromatic N) is 4. The van der Waals surface area contributed by atoms with Crippen LogP contribution in [0.3, 0.4) is 0 Å². The number of carbonyl (C=O) groups excluding carboxylic acids is 2. The molecule has 1 amide bonds. The van der Waals surface area contributed by atoms with E-state index >= 15 is 0 Å². The second kappa shape index (κ2) is 12.4. The number of aliphatic imine (C=N–C) groups is 1. The standard InChI is InChI=1S/C34H37N5O4/c1-3-43-34(42)24-9-15-28-29(21-24)36-33(41)31(28)32(23-7-5-4-6-8-23)35-25-10-12-26(13-11-25)39-27(14-16-30(39)40)22-38-19-17-37(2)18-20-38/h4-13,15,21,27,36,41H,3,14,16-20,22H2,1-2H3/t27-/m0/s1. The second-order valence-corrected chi connectivity index (χ2v) is 11.2. The lowest BCUT2D eigenvalue weighted by atomic mass is 10.00. The zero-order valence-electron chi connectivity index (χ0n) is 24.6. The number of aromatic amines is 1. The monoisotopic (exact) mass is 579 g/mol. The third-order valence-electron chi connectivity index (χ3n) is 8.33. The number of carbonyl (C=O) groups is 2. The molecule has 2 aliphatic rings.